The van der Waals surface area contributed by atoms with E-state index in [-0.39, 0.29) is 24.0 Å². The number of aliphatic imine (C=N–C) groups is 1. The van der Waals surface area contributed by atoms with Crippen molar-refractivity contribution in [2.45, 2.75) is 25.7 Å². The average Bonchev–Trinajstić information content (AvgIpc) is 3.18. The van der Waals surface area contributed by atoms with Gasteiger partial charge in [0, 0.05) is 52.5 Å². The molecule has 0 saturated carbocycles. The number of guanidine groups is 1. The highest BCUT2D eigenvalue weighted by Gasteiger charge is 2.29. The molecule has 0 amide bonds. The fourth-order valence-corrected chi connectivity index (χ4v) is 3.31. The monoisotopic (exact) mass is 557 g/mol. The highest BCUT2D eigenvalue weighted by atomic mass is 127. The summed E-state index contributed by atoms with van der Waals surface area (Å²) in [7, 11) is 3.53. The Labute approximate surface area is 203 Å². The van der Waals surface area contributed by atoms with Crippen LogP contribution in [0.2, 0.25) is 0 Å². The third-order valence-corrected chi connectivity index (χ3v) is 4.90. The third-order valence-electron chi connectivity index (χ3n) is 4.90. The van der Waals surface area contributed by atoms with Gasteiger partial charge >= 0.3 is 6.18 Å². The molecule has 1 heterocycles. The number of hydrogen-bond acceptors (Lipinski definition) is 2. The lowest BCUT2D eigenvalue weighted by atomic mass is 10.1. The number of alkyl halides is 3. The van der Waals surface area contributed by atoms with Crippen molar-refractivity contribution in [1.82, 2.24) is 19.8 Å². The van der Waals surface area contributed by atoms with Crippen LogP contribution in [-0.4, -0.2) is 41.1 Å². The van der Waals surface area contributed by atoms with Crippen LogP contribution in [0, 0.1) is 0 Å². The van der Waals surface area contributed by atoms with Gasteiger partial charge in [0.1, 0.15) is 5.82 Å². The molecule has 172 valence electrons. The molecule has 1 aromatic heterocycles. The minimum absolute atomic E-state index is 0. The first-order valence-electron chi connectivity index (χ1n) is 9.98. The van der Waals surface area contributed by atoms with Crippen molar-refractivity contribution in [2.75, 3.05) is 20.6 Å². The largest absolute Gasteiger partial charge is 0.416 e. The number of imidazole rings is 1. The molecular weight excluding hydrogens is 530 g/mol. The lowest BCUT2D eigenvalue weighted by Crippen LogP contribution is -2.39. The normalized spacial score (nSPS) is 11.7. The Kier molecular flexibility index (Phi) is 9.55. The zero-order chi connectivity index (χ0) is 22.3. The minimum Gasteiger partial charge on any atom is -0.356 e. The lowest BCUT2D eigenvalue weighted by molar-refractivity contribution is -0.137. The van der Waals surface area contributed by atoms with Gasteiger partial charge in [0.2, 0.25) is 0 Å². The van der Waals surface area contributed by atoms with Crippen LogP contribution in [0.5, 0.6) is 0 Å². The Bertz CT molecular complexity index is 985. The van der Waals surface area contributed by atoms with E-state index in [4.69, 9.17) is 0 Å². The molecule has 0 bridgehead atoms. The average molecular weight is 557 g/mol. The van der Waals surface area contributed by atoms with Gasteiger partial charge in [-0.05, 0) is 23.3 Å². The Hall–Kier alpha value is -2.56. The molecule has 3 aromatic rings. The van der Waals surface area contributed by atoms with Crippen LogP contribution in [-0.2, 0) is 25.7 Å². The summed E-state index contributed by atoms with van der Waals surface area (Å²) in [6, 6.07) is 15.4. The first kappa shape index (κ1) is 25.7. The van der Waals surface area contributed by atoms with Gasteiger partial charge in [-0.3, -0.25) is 4.99 Å². The lowest BCUT2D eigenvalue weighted by Gasteiger charge is -2.22. The predicted molar refractivity (Wildman–Crippen MR) is 131 cm³/mol. The summed E-state index contributed by atoms with van der Waals surface area (Å²) in [5, 5.41) is 3.30. The summed E-state index contributed by atoms with van der Waals surface area (Å²) < 4.78 is 40.3. The summed E-state index contributed by atoms with van der Waals surface area (Å²) in [5.41, 5.74) is 1.34. The number of aromatic nitrogens is 2. The van der Waals surface area contributed by atoms with Gasteiger partial charge < -0.3 is 14.8 Å². The molecule has 9 heteroatoms. The molecule has 0 atom stereocenters. The van der Waals surface area contributed by atoms with Crippen LogP contribution in [0.15, 0.2) is 72.0 Å². The molecule has 3 rings (SSSR count). The Morgan fingerprint density at radius 2 is 1.75 bits per heavy atom. The SMILES string of the molecule is CN=C(NCCc1nccn1Cc1ccccc1)N(C)Cc1ccc(C(F)(F)F)cc1.I. The summed E-state index contributed by atoms with van der Waals surface area (Å²) in [4.78, 5) is 10.6. The van der Waals surface area contributed by atoms with Gasteiger partial charge in [-0.2, -0.15) is 13.2 Å². The first-order valence-corrected chi connectivity index (χ1v) is 9.98. The van der Waals surface area contributed by atoms with Crippen LogP contribution in [0.4, 0.5) is 13.2 Å². The molecule has 5 nitrogen and oxygen atoms in total. The molecule has 0 fully saturated rings. The van der Waals surface area contributed by atoms with E-state index in [1.54, 1.807) is 13.2 Å². The van der Waals surface area contributed by atoms with E-state index in [1.807, 2.05) is 36.3 Å². The quantitative estimate of drug-likeness (QED) is 0.258. The summed E-state index contributed by atoms with van der Waals surface area (Å²) in [6.45, 7) is 1.84. The summed E-state index contributed by atoms with van der Waals surface area (Å²) >= 11 is 0. The highest BCUT2D eigenvalue weighted by molar-refractivity contribution is 14.0. The minimum atomic E-state index is -4.33. The topological polar surface area (TPSA) is 45.5 Å². The number of halogens is 4. The predicted octanol–water partition coefficient (Wildman–Crippen LogP) is 4.82. The van der Waals surface area contributed by atoms with E-state index in [1.165, 1.54) is 17.7 Å². The molecule has 0 aliphatic carbocycles. The number of hydrogen-bond donors (Lipinski definition) is 1. The zero-order valence-corrected chi connectivity index (χ0v) is 20.3. The van der Waals surface area contributed by atoms with Gasteiger partial charge in [-0.15, -0.1) is 24.0 Å². The van der Waals surface area contributed by atoms with E-state index >= 15 is 0 Å². The van der Waals surface area contributed by atoms with Crippen molar-refractivity contribution in [1.29, 1.82) is 0 Å². The van der Waals surface area contributed by atoms with Gasteiger partial charge in [-0.1, -0.05) is 42.5 Å². The zero-order valence-electron chi connectivity index (χ0n) is 18.0. The third kappa shape index (κ3) is 7.25. The Balaban J connectivity index is 0.00000363. The van der Waals surface area contributed by atoms with Crippen LogP contribution >= 0.6 is 24.0 Å². The standard InChI is InChI=1S/C23H26F3N5.HI/c1-27-22(30(2)16-19-8-10-20(11-9-19)23(24,25)26)29-13-12-21-28-14-15-31(21)17-18-6-4-3-5-7-18;/h3-11,14-15H,12-13,16-17H2,1-2H3,(H,27,29);1H. The molecule has 0 aliphatic heterocycles. The number of rotatable bonds is 7. The molecule has 0 radical (unpaired) electrons. The van der Waals surface area contributed by atoms with E-state index in [0.717, 1.165) is 30.1 Å². The van der Waals surface area contributed by atoms with E-state index in [9.17, 15) is 13.2 Å². The van der Waals surface area contributed by atoms with Crippen LogP contribution in [0.3, 0.4) is 0 Å². The summed E-state index contributed by atoms with van der Waals surface area (Å²) in [5.74, 6) is 1.64. The van der Waals surface area contributed by atoms with Crippen LogP contribution < -0.4 is 5.32 Å². The molecule has 2 aromatic carbocycles. The maximum absolute atomic E-state index is 12.7. The maximum Gasteiger partial charge on any atom is 0.416 e. The van der Waals surface area contributed by atoms with Crippen molar-refractivity contribution in [2.24, 2.45) is 4.99 Å². The fraction of sp³-hybridized carbons (Fsp3) is 0.304. The first-order chi connectivity index (χ1) is 14.9. The molecular formula is C23H27F3IN5. The number of nitrogens with zero attached hydrogens (tertiary/aromatic N) is 4. The van der Waals surface area contributed by atoms with E-state index in [2.05, 4.69) is 32.0 Å². The van der Waals surface area contributed by atoms with E-state index < -0.39 is 11.7 Å². The van der Waals surface area contributed by atoms with E-state index in [0.29, 0.717) is 25.5 Å². The van der Waals surface area contributed by atoms with Crippen molar-refractivity contribution in [3.05, 3.63) is 89.5 Å². The van der Waals surface area contributed by atoms with Crippen molar-refractivity contribution < 1.29 is 13.2 Å². The molecule has 0 saturated heterocycles. The van der Waals surface area contributed by atoms with Gasteiger partial charge in [0.05, 0.1) is 5.56 Å². The Morgan fingerprint density at radius 1 is 1.06 bits per heavy atom. The number of nitrogens with one attached hydrogen (secondary N) is 1. The van der Waals surface area contributed by atoms with Gasteiger partial charge in [0.15, 0.2) is 5.96 Å². The second kappa shape index (κ2) is 11.9. The molecule has 0 unspecified atom stereocenters. The second-order valence-electron chi connectivity index (χ2n) is 7.23. The van der Waals surface area contributed by atoms with Gasteiger partial charge in [0.25, 0.3) is 0 Å². The maximum atomic E-state index is 12.7. The molecule has 1 N–H and O–H groups in total. The smallest absolute Gasteiger partial charge is 0.356 e. The number of benzene rings is 2. The molecule has 0 aliphatic rings. The van der Waals surface area contributed by atoms with Crippen molar-refractivity contribution in [3.63, 3.8) is 0 Å². The van der Waals surface area contributed by atoms with Crippen LogP contribution in [0.1, 0.15) is 22.5 Å². The molecule has 32 heavy (non-hydrogen) atoms. The molecule has 0 spiro atoms. The Morgan fingerprint density at radius 3 is 2.38 bits per heavy atom. The highest BCUT2D eigenvalue weighted by Crippen LogP contribution is 2.29. The summed E-state index contributed by atoms with van der Waals surface area (Å²) in [6.07, 6.45) is 0.152. The van der Waals surface area contributed by atoms with Gasteiger partial charge in [-0.25, -0.2) is 4.98 Å². The van der Waals surface area contributed by atoms with Crippen LogP contribution in [0.25, 0.3) is 0 Å². The van der Waals surface area contributed by atoms with Crippen molar-refractivity contribution >= 4 is 29.9 Å². The second-order valence-corrected chi connectivity index (χ2v) is 7.23. The van der Waals surface area contributed by atoms with Crippen molar-refractivity contribution in [3.8, 4) is 0 Å². The fourth-order valence-electron chi connectivity index (χ4n) is 3.31.